The second-order valence-electron chi connectivity index (χ2n) is 3.19. The summed E-state index contributed by atoms with van der Waals surface area (Å²) in [4.78, 5) is 9.44. The van der Waals surface area contributed by atoms with Crippen LogP contribution in [0.3, 0.4) is 0 Å². The van der Waals surface area contributed by atoms with Crippen molar-refractivity contribution in [2.75, 3.05) is 12.8 Å². The standard InChI is InChI=1S/C7H14NO3P/c1-2-6-5-7(6,8)12(10,11)4-3-9/h2,6,9H,1,3-5,8H2,(H,10,11). The molecule has 0 aromatic heterocycles. The molecule has 0 aromatic carbocycles. The van der Waals surface area contributed by atoms with Gasteiger partial charge in [0.05, 0.1) is 6.61 Å². The van der Waals surface area contributed by atoms with Gasteiger partial charge in [0.25, 0.3) is 0 Å². The maximum Gasteiger partial charge on any atom is 0.222 e. The molecule has 1 aliphatic carbocycles. The Morgan fingerprint density at radius 3 is 2.75 bits per heavy atom. The number of rotatable bonds is 4. The molecule has 1 aliphatic rings. The fourth-order valence-corrected chi connectivity index (χ4v) is 3.12. The number of aliphatic hydroxyl groups excluding tert-OH is 1. The van der Waals surface area contributed by atoms with Crippen LogP contribution >= 0.6 is 7.37 Å². The largest absolute Gasteiger partial charge is 0.396 e. The van der Waals surface area contributed by atoms with E-state index in [2.05, 4.69) is 6.58 Å². The Kier molecular flexibility index (Phi) is 2.45. The van der Waals surface area contributed by atoms with Gasteiger partial charge in [0, 0.05) is 12.1 Å². The van der Waals surface area contributed by atoms with Gasteiger partial charge < -0.3 is 15.7 Å². The molecule has 1 saturated carbocycles. The molecule has 0 saturated heterocycles. The summed E-state index contributed by atoms with van der Waals surface area (Å²) in [6.07, 6.45) is 1.98. The van der Waals surface area contributed by atoms with Gasteiger partial charge in [-0.2, -0.15) is 0 Å². The van der Waals surface area contributed by atoms with Crippen molar-refractivity contribution in [3.63, 3.8) is 0 Å². The normalized spacial score (nSPS) is 38.8. The topological polar surface area (TPSA) is 83.6 Å². The van der Waals surface area contributed by atoms with Gasteiger partial charge in [0.2, 0.25) is 7.37 Å². The molecule has 70 valence electrons. The minimum absolute atomic E-state index is 0.0696. The van der Waals surface area contributed by atoms with Crippen LogP contribution in [0, 0.1) is 5.92 Å². The van der Waals surface area contributed by atoms with E-state index in [0.717, 1.165) is 0 Å². The first kappa shape index (κ1) is 9.93. The van der Waals surface area contributed by atoms with Crippen LogP contribution in [0.15, 0.2) is 12.7 Å². The van der Waals surface area contributed by atoms with Crippen LogP contribution in [0.1, 0.15) is 6.42 Å². The lowest BCUT2D eigenvalue weighted by Crippen LogP contribution is -2.26. The smallest absolute Gasteiger partial charge is 0.222 e. The van der Waals surface area contributed by atoms with Gasteiger partial charge in [-0.1, -0.05) is 6.08 Å². The molecule has 0 amide bonds. The molecule has 4 nitrogen and oxygen atoms in total. The SMILES string of the molecule is C=CC1CC1(N)P(=O)(O)CCO. The number of aliphatic hydroxyl groups is 1. The Morgan fingerprint density at radius 2 is 2.42 bits per heavy atom. The highest BCUT2D eigenvalue weighted by molar-refractivity contribution is 7.60. The molecule has 0 spiro atoms. The van der Waals surface area contributed by atoms with E-state index in [0.29, 0.717) is 6.42 Å². The number of nitrogens with two attached hydrogens (primary N) is 1. The quantitative estimate of drug-likeness (QED) is 0.435. The summed E-state index contributed by atoms with van der Waals surface area (Å²) in [6, 6.07) is 0. The Morgan fingerprint density at radius 1 is 1.83 bits per heavy atom. The van der Waals surface area contributed by atoms with E-state index in [-0.39, 0.29) is 18.7 Å². The van der Waals surface area contributed by atoms with Crippen molar-refractivity contribution >= 4 is 7.37 Å². The lowest BCUT2D eigenvalue weighted by Gasteiger charge is -2.17. The summed E-state index contributed by atoms with van der Waals surface area (Å²) in [6.45, 7) is 3.22. The molecule has 0 bridgehead atoms. The second-order valence-corrected chi connectivity index (χ2v) is 5.87. The summed E-state index contributed by atoms with van der Waals surface area (Å²) in [7, 11) is -3.38. The third kappa shape index (κ3) is 1.36. The first-order valence-corrected chi connectivity index (χ1v) is 5.66. The average Bonchev–Trinajstić information content (AvgIpc) is 2.63. The van der Waals surface area contributed by atoms with Crippen LogP contribution in [-0.4, -0.2) is 28.0 Å². The Balaban J connectivity index is 2.70. The molecule has 5 heteroatoms. The van der Waals surface area contributed by atoms with Gasteiger partial charge in [-0.15, -0.1) is 6.58 Å². The molecule has 0 aliphatic heterocycles. The van der Waals surface area contributed by atoms with E-state index in [4.69, 9.17) is 10.8 Å². The number of hydrogen-bond donors (Lipinski definition) is 3. The summed E-state index contributed by atoms with van der Waals surface area (Å²) in [5, 5.41) is 7.54. The lowest BCUT2D eigenvalue weighted by molar-refractivity contribution is 0.312. The van der Waals surface area contributed by atoms with Gasteiger partial charge in [0.1, 0.15) is 5.28 Å². The van der Waals surface area contributed by atoms with E-state index in [1.807, 2.05) is 0 Å². The highest BCUT2D eigenvalue weighted by Gasteiger charge is 2.60. The highest BCUT2D eigenvalue weighted by atomic mass is 31.2. The highest BCUT2D eigenvalue weighted by Crippen LogP contribution is 2.67. The third-order valence-corrected chi connectivity index (χ3v) is 4.99. The van der Waals surface area contributed by atoms with E-state index in [9.17, 15) is 9.46 Å². The van der Waals surface area contributed by atoms with Crippen LogP contribution < -0.4 is 5.73 Å². The molecular weight excluding hydrogens is 177 g/mol. The fraction of sp³-hybridized carbons (Fsp3) is 0.714. The molecule has 1 rings (SSSR count). The first-order valence-electron chi connectivity index (χ1n) is 3.82. The molecule has 0 radical (unpaired) electrons. The van der Waals surface area contributed by atoms with Crippen molar-refractivity contribution in [1.29, 1.82) is 0 Å². The van der Waals surface area contributed by atoms with Crippen molar-refractivity contribution in [2.45, 2.75) is 11.7 Å². The van der Waals surface area contributed by atoms with Gasteiger partial charge in [-0.3, -0.25) is 4.57 Å². The second kappa shape index (κ2) is 2.96. The van der Waals surface area contributed by atoms with Gasteiger partial charge >= 0.3 is 0 Å². The van der Waals surface area contributed by atoms with E-state index >= 15 is 0 Å². The Bertz CT molecular complexity index is 243. The van der Waals surface area contributed by atoms with Crippen LogP contribution in [0.25, 0.3) is 0 Å². The zero-order valence-corrected chi connectivity index (χ0v) is 7.70. The van der Waals surface area contributed by atoms with Gasteiger partial charge in [-0.05, 0) is 6.42 Å². The molecule has 0 aromatic rings. The van der Waals surface area contributed by atoms with Crippen LogP contribution in [-0.2, 0) is 4.57 Å². The average molecular weight is 191 g/mol. The Hall–Kier alpha value is -0.150. The molecule has 1 fully saturated rings. The molecule has 3 atom stereocenters. The zero-order chi connectivity index (χ0) is 9.41. The molecule has 12 heavy (non-hydrogen) atoms. The maximum absolute atomic E-state index is 11.5. The monoisotopic (exact) mass is 191 g/mol. The maximum atomic E-state index is 11.5. The molecule has 0 heterocycles. The Labute approximate surface area is 71.5 Å². The molecule has 3 unspecified atom stereocenters. The minimum Gasteiger partial charge on any atom is -0.396 e. The van der Waals surface area contributed by atoms with Crippen LogP contribution in [0.4, 0.5) is 0 Å². The van der Waals surface area contributed by atoms with E-state index in [1.165, 1.54) is 0 Å². The summed E-state index contributed by atoms with van der Waals surface area (Å²) in [5.74, 6) is -0.0696. The molecular formula is C7H14NO3P. The van der Waals surface area contributed by atoms with E-state index in [1.54, 1.807) is 6.08 Å². The van der Waals surface area contributed by atoms with Crippen molar-refractivity contribution in [3.05, 3.63) is 12.7 Å². The third-order valence-electron chi connectivity index (χ3n) is 2.37. The predicted molar refractivity (Wildman–Crippen MR) is 47.0 cm³/mol. The summed E-state index contributed by atoms with van der Waals surface area (Å²) in [5.41, 5.74) is 5.67. The van der Waals surface area contributed by atoms with Crippen molar-refractivity contribution < 1.29 is 14.6 Å². The fourth-order valence-electron chi connectivity index (χ4n) is 1.33. The molecule has 4 N–H and O–H groups in total. The minimum atomic E-state index is -3.38. The predicted octanol–water partition coefficient (Wildman–Crippen LogP) is 0.110. The number of hydrogen-bond acceptors (Lipinski definition) is 3. The summed E-state index contributed by atoms with van der Waals surface area (Å²) >= 11 is 0. The van der Waals surface area contributed by atoms with Crippen molar-refractivity contribution in [1.82, 2.24) is 0 Å². The van der Waals surface area contributed by atoms with E-state index < -0.39 is 12.6 Å². The zero-order valence-electron chi connectivity index (χ0n) is 6.81. The lowest BCUT2D eigenvalue weighted by atomic mass is 10.4. The van der Waals surface area contributed by atoms with Crippen molar-refractivity contribution in [3.8, 4) is 0 Å². The van der Waals surface area contributed by atoms with Gasteiger partial charge in [0.15, 0.2) is 0 Å². The summed E-state index contributed by atoms with van der Waals surface area (Å²) < 4.78 is 11.5. The first-order chi connectivity index (χ1) is 5.48. The van der Waals surface area contributed by atoms with Crippen LogP contribution in [0.5, 0.6) is 0 Å². The van der Waals surface area contributed by atoms with Crippen molar-refractivity contribution in [2.24, 2.45) is 11.7 Å². The van der Waals surface area contributed by atoms with Gasteiger partial charge in [-0.25, -0.2) is 0 Å². The van der Waals surface area contributed by atoms with Crippen LogP contribution in [0.2, 0.25) is 0 Å².